The fourth-order valence-corrected chi connectivity index (χ4v) is 7.25. The molecule has 0 spiro atoms. The summed E-state index contributed by atoms with van der Waals surface area (Å²) in [6.45, 7) is 9.48. The molecule has 0 bridgehead atoms. The summed E-state index contributed by atoms with van der Waals surface area (Å²) in [4.78, 5) is 19.7. The van der Waals surface area contributed by atoms with Crippen molar-refractivity contribution in [3.63, 3.8) is 0 Å². The smallest absolute Gasteiger partial charge is 0.407 e. The van der Waals surface area contributed by atoms with E-state index in [-0.39, 0.29) is 23.5 Å². The van der Waals surface area contributed by atoms with Crippen LogP contribution in [0.2, 0.25) is 0 Å². The molecule has 2 atom stereocenters. The highest BCUT2D eigenvalue weighted by Gasteiger charge is 2.36. The number of fused-ring (bicyclic) bond motifs is 3. The summed E-state index contributed by atoms with van der Waals surface area (Å²) in [6.07, 6.45) is 7.03. The van der Waals surface area contributed by atoms with Gasteiger partial charge in [0.25, 0.3) is 0 Å². The van der Waals surface area contributed by atoms with Gasteiger partial charge in [0.1, 0.15) is 11.3 Å². The van der Waals surface area contributed by atoms with Gasteiger partial charge < -0.3 is 10.1 Å². The number of aromatic nitrogens is 1. The molecule has 0 radical (unpaired) electrons. The molecule has 2 aliphatic carbocycles. The summed E-state index contributed by atoms with van der Waals surface area (Å²) in [7, 11) is -3.97. The third-order valence-corrected chi connectivity index (χ3v) is 9.20. The van der Waals surface area contributed by atoms with Crippen LogP contribution in [-0.2, 0) is 21.2 Å². The highest BCUT2D eigenvalue weighted by Crippen LogP contribution is 2.45. The third kappa shape index (κ3) is 6.55. The lowest BCUT2D eigenvalue weighted by Gasteiger charge is -2.37. The van der Waals surface area contributed by atoms with Gasteiger partial charge in [0, 0.05) is 53.8 Å². The molecule has 2 aromatic rings. The number of hydrogen-bond acceptors (Lipinski definition) is 6. The number of alkyl halides is 1. The van der Waals surface area contributed by atoms with Crippen LogP contribution in [0.25, 0.3) is 10.8 Å². The number of hydrogen-bond donors (Lipinski definition) is 2. The number of carbonyl (C=O) groups excluding carboxylic acids is 1. The summed E-state index contributed by atoms with van der Waals surface area (Å²) >= 11 is 0. The van der Waals surface area contributed by atoms with Crippen molar-refractivity contribution < 1.29 is 22.3 Å². The van der Waals surface area contributed by atoms with Gasteiger partial charge in [0.15, 0.2) is 0 Å². The van der Waals surface area contributed by atoms with Crippen molar-refractivity contribution in [2.24, 2.45) is 0 Å². The third-order valence-electron chi connectivity index (χ3n) is 7.76. The van der Waals surface area contributed by atoms with E-state index in [0.717, 1.165) is 67.3 Å². The Hall–Kier alpha value is -2.30. The second-order valence-electron chi connectivity index (χ2n) is 12.9. The molecule has 8 nitrogen and oxygen atoms in total. The van der Waals surface area contributed by atoms with E-state index >= 15 is 0 Å². The predicted molar refractivity (Wildman–Crippen MR) is 149 cm³/mol. The fraction of sp³-hybridized carbons (Fsp3) is 0.655. The topological polar surface area (TPSA) is 101 Å². The van der Waals surface area contributed by atoms with Crippen molar-refractivity contribution in [2.45, 2.75) is 107 Å². The molecule has 10 heteroatoms. The number of alkyl carbamates (subject to hydrolysis) is 1. The minimum absolute atomic E-state index is 0.0299. The van der Waals surface area contributed by atoms with E-state index in [1.165, 1.54) is 13.8 Å². The fourth-order valence-electron chi connectivity index (χ4n) is 5.82. The molecule has 2 fully saturated rings. The van der Waals surface area contributed by atoms with Crippen LogP contribution >= 0.6 is 0 Å². The van der Waals surface area contributed by atoms with Crippen LogP contribution in [0, 0.1) is 0 Å². The molecule has 1 aromatic carbocycles. The van der Waals surface area contributed by atoms with Crippen LogP contribution in [0.4, 0.5) is 9.18 Å². The van der Waals surface area contributed by atoms with E-state index < -0.39 is 27.4 Å². The molecule has 2 heterocycles. The second-order valence-corrected chi connectivity index (χ2v) is 14.7. The van der Waals surface area contributed by atoms with Gasteiger partial charge in [-0.15, -0.1) is 0 Å². The van der Waals surface area contributed by atoms with Crippen LogP contribution < -0.4 is 10.0 Å². The Bertz CT molecular complexity index is 1360. The van der Waals surface area contributed by atoms with Crippen LogP contribution in [0.15, 0.2) is 23.2 Å². The zero-order chi connectivity index (χ0) is 28.2. The number of likely N-dealkylation sites (tertiary alicyclic amines) is 1. The van der Waals surface area contributed by atoms with Crippen LogP contribution in [-0.4, -0.2) is 61.3 Å². The number of rotatable bonds is 7. The number of amides is 1. The van der Waals surface area contributed by atoms with E-state index in [4.69, 9.17) is 9.72 Å². The molecule has 1 saturated carbocycles. The number of benzene rings is 1. The van der Waals surface area contributed by atoms with Gasteiger partial charge >= 0.3 is 6.09 Å². The molecule has 1 amide bonds. The van der Waals surface area contributed by atoms with E-state index in [0.29, 0.717) is 17.8 Å². The van der Waals surface area contributed by atoms with E-state index in [9.17, 15) is 17.6 Å². The number of halogens is 1. The molecular formula is C29H41FN4O4S. The van der Waals surface area contributed by atoms with Gasteiger partial charge in [-0.25, -0.2) is 22.3 Å². The van der Waals surface area contributed by atoms with Gasteiger partial charge in [0.2, 0.25) is 10.0 Å². The van der Waals surface area contributed by atoms with Crippen molar-refractivity contribution >= 4 is 26.9 Å². The molecule has 1 unspecified atom stereocenters. The number of pyridine rings is 1. The van der Waals surface area contributed by atoms with Gasteiger partial charge in [0.05, 0.1) is 4.90 Å². The number of sulfonamides is 1. The summed E-state index contributed by atoms with van der Waals surface area (Å²) < 4.78 is 49.4. The quantitative estimate of drug-likeness (QED) is 0.488. The predicted octanol–water partition coefficient (Wildman–Crippen LogP) is 5.12. The normalized spacial score (nSPS) is 22.6. The Morgan fingerprint density at radius 1 is 1.13 bits per heavy atom. The van der Waals surface area contributed by atoms with Gasteiger partial charge in [-0.05, 0) is 103 Å². The summed E-state index contributed by atoms with van der Waals surface area (Å²) in [5, 5.41) is 4.54. The lowest BCUT2D eigenvalue weighted by molar-refractivity contribution is 0.0454. The average Bonchev–Trinajstić information content (AvgIpc) is 3.59. The zero-order valence-corrected chi connectivity index (χ0v) is 24.5. The molecule has 1 saturated heterocycles. The van der Waals surface area contributed by atoms with E-state index in [1.54, 1.807) is 0 Å². The lowest BCUT2D eigenvalue weighted by atomic mass is 9.98. The lowest BCUT2D eigenvalue weighted by Crippen LogP contribution is -2.49. The molecule has 39 heavy (non-hydrogen) atoms. The van der Waals surface area contributed by atoms with Crippen molar-refractivity contribution in [1.82, 2.24) is 19.9 Å². The number of ether oxygens (including phenoxy) is 1. The second kappa shape index (κ2) is 10.3. The van der Waals surface area contributed by atoms with Crippen molar-refractivity contribution in [3.05, 3.63) is 35.2 Å². The Labute approximate surface area is 231 Å². The Kier molecular flexibility index (Phi) is 7.43. The number of nitrogens with one attached hydrogen (secondary N) is 2. The Balaban J connectivity index is 1.47. The van der Waals surface area contributed by atoms with E-state index in [2.05, 4.69) is 14.9 Å². The Morgan fingerprint density at radius 3 is 2.54 bits per heavy atom. The first-order chi connectivity index (χ1) is 18.2. The van der Waals surface area contributed by atoms with Crippen LogP contribution in [0.1, 0.15) is 95.5 Å². The zero-order valence-electron chi connectivity index (χ0n) is 23.6. The molecule has 3 aliphatic rings. The van der Waals surface area contributed by atoms with Gasteiger partial charge in [-0.1, -0.05) is 0 Å². The Morgan fingerprint density at radius 2 is 1.87 bits per heavy atom. The number of piperidine rings is 1. The SMILES string of the molecule is CC(C)(F)CNS(=O)(=O)c1cc2c(c3cnc(C4CC4)cc13)CCC2N1CCC[C@@H](NC(=O)OC(C)(C)C)C1. The van der Waals surface area contributed by atoms with Gasteiger partial charge in [-0.3, -0.25) is 9.88 Å². The minimum atomic E-state index is -3.97. The molecule has 1 aromatic heterocycles. The van der Waals surface area contributed by atoms with Gasteiger partial charge in [-0.2, -0.15) is 0 Å². The summed E-state index contributed by atoms with van der Waals surface area (Å²) in [5.74, 6) is 0.381. The van der Waals surface area contributed by atoms with Crippen molar-refractivity contribution in [3.8, 4) is 0 Å². The highest BCUT2D eigenvalue weighted by atomic mass is 32.2. The molecule has 5 rings (SSSR count). The summed E-state index contributed by atoms with van der Waals surface area (Å²) in [5.41, 5.74) is 0.807. The summed E-state index contributed by atoms with van der Waals surface area (Å²) in [6, 6.07) is 3.72. The first-order valence-corrected chi connectivity index (χ1v) is 15.6. The first kappa shape index (κ1) is 28.2. The highest BCUT2D eigenvalue weighted by molar-refractivity contribution is 7.89. The molecular weight excluding hydrogens is 519 g/mol. The minimum Gasteiger partial charge on any atom is -0.444 e. The number of aryl methyl sites for hydroxylation is 1. The van der Waals surface area contributed by atoms with E-state index in [1.807, 2.05) is 39.1 Å². The maximum absolute atomic E-state index is 14.3. The number of nitrogens with zero attached hydrogens (tertiary/aromatic N) is 2. The number of carbonyl (C=O) groups is 1. The molecule has 214 valence electrons. The first-order valence-electron chi connectivity index (χ1n) is 14.1. The van der Waals surface area contributed by atoms with Crippen LogP contribution in [0.5, 0.6) is 0 Å². The van der Waals surface area contributed by atoms with Crippen LogP contribution in [0.3, 0.4) is 0 Å². The van der Waals surface area contributed by atoms with Crippen molar-refractivity contribution in [1.29, 1.82) is 0 Å². The maximum atomic E-state index is 14.3. The maximum Gasteiger partial charge on any atom is 0.407 e. The van der Waals surface area contributed by atoms with Crippen molar-refractivity contribution in [2.75, 3.05) is 19.6 Å². The average molecular weight is 561 g/mol. The molecule has 2 N–H and O–H groups in total. The monoisotopic (exact) mass is 560 g/mol. The molecule has 1 aliphatic heterocycles. The largest absolute Gasteiger partial charge is 0.444 e. The standard InChI is InChI=1S/C29H41FN4O4S/c1-28(2,3)38-27(35)33-19-7-6-12-34(16-19)25-11-10-20-21(25)14-26(39(36,37)32-17-29(4,5)30)22-13-24(18-8-9-18)31-15-23(20)22/h13-15,18-19,25,32H,6-12,16-17H2,1-5H3,(H,33,35)/t19-,25?/m1/s1.